The minimum atomic E-state index is -2.15. The van der Waals surface area contributed by atoms with Crippen molar-refractivity contribution >= 4 is 14.0 Å². The molecule has 2 rings (SSSR count). The van der Waals surface area contributed by atoms with E-state index in [1.807, 2.05) is 6.07 Å². The molecule has 14 heavy (non-hydrogen) atoms. The third kappa shape index (κ3) is 1.87. The summed E-state index contributed by atoms with van der Waals surface area (Å²) < 4.78 is 20.4. The van der Waals surface area contributed by atoms with Crippen molar-refractivity contribution in [3.8, 4) is 0 Å². The van der Waals surface area contributed by atoms with Crippen LogP contribution in [-0.2, 0) is 18.4 Å². The average molecular weight is 211 g/mol. The maximum atomic E-state index is 11.4. The maximum Gasteiger partial charge on any atom is 0.698 e. The summed E-state index contributed by atoms with van der Waals surface area (Å²) >= 11 is 0. The molecule has 1 aliphatic rings. The number of rotatable bonds is 1. The number of hydrogen-bond donors (Lipinski definition) is 0. The lowest BCUT2D eigenvalue weighted by atomic mass is 10.1. The molecule has 1 fully saturated rings. The van der Waals surface area contributed by atoms with Gasteiger partial charge in [-0.25, -0.2) is 0 Å². The SMILES string of the molecule is O=C1CO[P+](=O)OC1c1ccccc1. The van der Waals surface area contributed by atoms with Crippen LogP contribution in [-0.4, -0.2) is 12.4 Å². The van der Waals surface area contributed by atoms with E-state index in [1.54, 1.807) is 24.3 Å². The molecule has 72 valence electrons. The molecular formula is C9H8O4P+. The molecule has 1 aromatic rings. The molecule has 2 atom stereocenters. The van der Waals surface area contributed by atoms with Crippen molar-refractivity contribution in [2.75, 3.05) is 6.61 Å². The number of hydrogen-bond acceptors (Lipinski definition) is 4. The van der Waals surface area contributed by atoms with Gasteiger partial charge in [-0.1, -0.05) is 30.3 Å². The van der Waals surface area contributed by atoms with E-state index in [1.165, 1.54) is 0 Å². The highest BCUT2D eigenvalue weighted by Gasteiger charge is 2.40. The zero-order valence-corrected chi connectivity index (χ0v) is 8.15. The predicted octanol–water partition coefficient (Wildman–Crippen LogP) is 2.00. The van der Waals surface area contributed by atoms with Gasteiger partial charge in [0.2, 0.25) is 11.9 Å². The van der Waals surface area contributed by atoms with E-state index < -0.39 is 14.4 Å². The number of carbonyl (C=O) groups is 1. The van der Waals surface area contributed by atoms with Crippen molar-refractivity contribution in [1.29, 1.82) is 0 Å². The summed E-state index contributed by atoms with van der Waals surface area (Å²) in [6.07, 6.45) is -0.742. The van der Waals surface area contributed by atoms with Crippen LogP contribution in [0.3, 0.4) is 0 Å². The molecule has 0 saturated carbocycles. The molecule has 0 N–H and O–H groups in total. The first-order valence-electron chi connectivity index (χ1n) is 4.12. The number of Topliss-reactive ketones (excluding diaryl/α,β-unsaturated/α-hetero) is 1. The topological polar surface area (TPSA) is 52.6 Å². The van der Waals surface area contributed by atoms with Gasteiger partial charge in [0, 0.05) is 4.57 Å². The van der Waals surface area contributed by atoms with Gasteiger partial charge in [0.15, 0.2) is 6.61 Å². The van der Waals surface area contributed by atoms with Crippen LogP contribution < -0.4 is 0 Å². The maximum absolute atomic E-state index is 11.4. The lowest BCUT2D eigenvalue weighted by molar-refractivity contribution is -0.131. The summed E-state index contributed by atoms with van der Waals surface area (Å²) in [4.78, 5) is 11.4. The molecule has 5 heteroatoms. The molecule has 0 aromatic heterocycles. The molecule has 0 spiro atoms. The van der Waals surface area contributed by atoms with Gasteiger partial charge in [-0.15, -0.1) is 9.05 Å². The van der Waals surface area contributed by atoms with Crippen LogP contribution in [0.2, 0.25) is 0 Å². The molecule has 0 bridgehead atoms. The third-order valence-corrected chi connectivity index (χ3v) is 2.62. The van der Waals surface area contributed by atoms with Gasteiger partial charge in [-0.3, -0.25) is 4.79 Å². The molecule has 1 saturated heterocycles. The van der Waals surface area contributed by atoms with Crippen molar-refractivity contribution in [3.63, 3.8) is 0 Å². The number of carbonyl (C=O) groups excluding carboxylic acids is 1. The quantitative estimate of drug-likeness (QED) is 0.666. The van der Waals surface area contributed by atoms with Gasteiger partial charge in [0.25, 0.3) is 0 Å². The van der Waals surface area contributed by atoms with Gasteiger partial charge >= 0.3 is 8.25 Å². The molecule has 4 nitrogen and oxygen atoms in total. The highest BCUT2D eigenvalue weighted by molar-refractivity contribution is 7.33. The fourth-order valence-electron chi connectivity index (χ4n) is 1.24. The van der Waals surface area contributed by atoms with E-state index in [0.29, 0.717) is 5.56 Å². The van der Waals surface area contributed by atoms with E-state index in [2.05, 4.69) is 4.52 Å². The molecule has 1 aliphatic heterocycles. The highest BCUT2D eigenvalue weighted by atomic mass is 31.1. The van der Waals surface area contributed by atoms with Crippen molar-refractivity contribution in [2.45, 2.75) is 6.10 Å². The van der Waals surface area contributed by atoms with Crippen LogP contribution in [0.1, 0.15) is 11.7 Å². The fourth-order valence-corrected chi connectivity index (χ4v) is 1.95. The van der Waals surface area contributed by atoms with Crippen LogP contribution in [0.5, 0.6) is 0 Å². The Balaban J connectivity index is 2.24. The molecule has 1 heterocycles. The van der Waals surface area contributed by atoms with E-state index in [-0.39, 0.29) is 12.4 Å². The van der Waals surface area contributed by atoms with E-state index >= 15 is 0 Å². The average Bonchev–Trinajstić information content (AvgIpc) is 2.23. The molecule has 0 aliphatic carbocycles. The smallest absolute Gasteiger partial charge is 0.293 e. The zero-order valence-electron chi connectivity index (χ0n) is 7.25. The van der Waals surface area contributed by atoms with Gasteiger partial charge in [-0.2, -0.15) is 0 Å². The first-order valence-corrected chi connectivity index (χ1v) is 5.21. The first kappa shape index (κ1) is 9.46. The summed E-state index contributed by atoms with van der Waals surface area (Å²) in [6, 6.07) is 8.96. The molecule has 0 radical (unpaired) electrons. The fraction of sp³-hybridized carbons (Fsp3) is 0.222. The Morgan fingerprint density at radius 2 is 2.00 bits per heavy atom. The Hall–Kier alpha value is -1.09. The Kier molecular flexibility index (Phi) is 2.68. The molecule has 0 amide bonds. The second-order valence-electron chi connectivity index (χ2n) is 2.86. The lowest BCUT2D eigenvalue weighted by Gasteiger charge is -2.11. The Bertz CT molecular complexity index is 362. The van der Waals surface area contributed by atoms with Gasteiger partial charge in [-0.05, 0) is 5.56 Å². The van der Waals surface area contributed by atoms with Crippen molar-refractivity contribution < 1.29 is 18.4 Å². The first-order chi connectivity index (χ1) is 6.77. The minimum absolute atomic E-state index is 0.144. The minimum Gasteiger partial charge on any atom is -0.293 e. The Labute approximate surface area is 81.8 Å². The van der Waals surface area contributed by atoms with Crippen LogP contribution in [0.15, 0.2) is 30.3 Å². The molecule has 1 aromatic carbocycles. The second kappa shape index (κ2) is 3.96. The van der Waals surface area contributed by atoms with E-state index in [9.17, 15) is 9.36 Å². The summed E-state index contributed by atoms with van der Waals surface area (Å²) in [6.45, 7) is -0.144. The third-order valence-electron chi connectivity index (χ3n) is 1.90. The van der Waals surface area contributed by atoms with Crippen LogP contribution >= 0.6 is 8.25 Å². The van der Waals surface area contributed by atoms with Gasteiger partial charge < -0.3 is 0 Å². The standard InChI is InChI=1S/C9H8O4P/c10-8-6-12-14(11)13-9(8)7-4-2-1-3-5-7/h1-5,9H,6H2/q+1. The summed E-state index contributed by atoms with van der Waals surface area (Å²) in [5.74, 6) is -0.203. The van der Waals surface area contributed by atoms with Gasteiger partial charge in [0.1, 0.15) is 0 Å². The van der Waals surface area contributed by atoms with E-state index in [4.69, 9.17) is 4.52 Å². The largest absolute Gasteiger partial charge is 0.698 e. The lowest BCUT2D eigenvalue weighted by Crippen LogP contribution is -2.22. The normalized spacial score (nSPS) is 25.0. The zero-order chi connectivity index (χ0) is 9.97. The summed E-state index contributed by atoms with van der Waals surface area (Å²) in [5.41, 5.74) is 0.712. The van der Waals surface area contributed by atoms with Crippen LogP contribution in [0.25, 0.3) is 0 Å². The summed E-state index contributed by atoms with van der Waals surface area (Å²) in [5, 5.41) is 0. The van der Waals surface area contributed by atoms with Crippen molar-refractivity contribution in [1.82, 2.24) is 0 Å². The van der Waals surface area contributed by atoms with Crippen LogP contribution in [0, 0.1) is 0 Å². The molecular weight excluding hydrogens is 203 g/mol. The second-order valence-corrected chi connectivity index (χ2v) is 3.78. The Morgan fingerprint density at radius 1 is 1.29 bits per heavy atom. The summed E-state index contributed by atoms with van der Waals surface area (Å²) in [7, 11) is -2.15. The Morgan fingerprint density at radius 3 is 2.71 bits per heavy atom. The highest BCUT2D eigenvalue weighted by Crippen LogP contribution is 2.37. The van der Waals surface area contributed by atoms with Crippen molar-refractivity contribution in [3.05, 3.63) is 35.9 Å². The monoisotopic (exact) mass is 211 g/mol. The van der Waals surface area contributed by atoms with Crippen molar-refractivity contribution in [2.24, 2.45) is 0 Å². The van der Waals surface area contributed by atoms with Gasteiger partial charge in [0.05, 0.1) is 0 Å². The van der Waals surface area contributed by atoms with E-state index in [0.717, 1.165) is 0 Å². The molecule has 2 unspecified atom stereocenters. The number of ketones is 1. The van der Waals surface area contributed by atoms with Crippen LogP contribution in [0.4, 0.5) is 0 Å². The predicted molar refractivity (Wildman–Crippen MR) is 48.8 cm³/mol. The number of benzene rings is 1.